The van der Waals surface area contributed by atoms with Crippen molar-refractivity contribution in [1.29, 1.82) is 0 Å². The van der Waals surface area contributed by atoms with Gasteiger partial charge in [0.2, 0.25) is 0 Å². The van der Waals surface area contributed by atoms with Crippen molar-refractivity contribution >= 4 is 22.8 Å². The number of non-ortho nitro benzene ring substituents is 1. The molecule has 0 aliphatic carbocycles. The van der Waals surface area contributed by atoms with Crippen molar-refractivity contribution in [2.75, 3.05) is 25.0 Å². The molecule has 1 atom stereocenters. The number of aromatic nitrogens is 1. The number of nitrogens with one attached hydrogen (secondary N) is 1. The van der Waals surface area contributed by atoms with Crippen molar-refractivity contribution in [2.24, 2.45) is 0 Å². The second-order valence-corrected chi connectivity index (χ2v) is 5.43. The number of benzene rings is 1. The van der Waals surface area contributed by atoms with Gasteiger partial charge in [0, 0.05) is 31.8 Å². The van der Waals surface area contributed by atoms with Crippen molar-refractivity contribution < 1.29 is 9.34 Å². The maximum absolute atomic E-state index is 10.8. The summed E-state index contributed by atoms with van der Waals surface area (Å²) in [4.78, 5) is 16.7. The van der Waals surface area contributed by atoms with Gasteiger partial charge < -0.3 is 14.6 Å². The van der Waals surface area contributed by atoms with Crippen LogP contribution in [-0.4, -0.2) is 36.1 Å². The highest BCUT2D eigenvalue weighted by Crippen LogP contribution is 2.25. The lowest BCUT2D eigenvalue weighted by atomic mass is 10.1. The lowest BCUT2D eigenvalue weighted by Crippen LogP contribution is -2.42. The fourth-order valence-electron chi connectivity index (χ4n) is 2.67. The maximum Gasteiger partial charge on any atom is 0.298 e. The van der Waals surface area contributed by atoms with Crippen LogP contribution in [0.4, 0.5) is 11.7 Å². The zero-order valence-electron chi connectivity index (χ0n) is 11.9. The molecule has 0 amide bonds. The lowest BCUT2D eigenvalue weighted by molar-refractivity contribution is -0.384. The number of rotatable bonds is 4. The number of piperidine rings is 1. The first-order valence-corrected chi connectivity index (χ1v) is 7.13. The fraction of sp³-hybridized carbons (Fsp3) is 0.500. The Kier molecular flexibility index (Phi) is 3.74. The van der Waals surface area contributed by atoms with Crippen LogP contribution in [0, 0.1) is 10.1 Å². The Morgan fingerprint density at radius 3 is 3.10 bits per heavy atom. The van der Waals surface area contributed by atoms with E-state index in [4.69, 9.17) is 4.42 Å². The summed E-state index contributed by atoms with van der Waals surface area (Å²) >= 11 is 0. The summed E-state index contributed by atoms with van der Waals surface area (Å²) in [5.74, 6) is 0. The number of nitro groups is 1. The van der Waals surface area contributed by atoms with Crippen LogP contribution in [-0.2, 0) is 0 Å². The second kappa shape index (κ2) is 5.69. The number of oxazole rings is 1. The predicted octanol–water partition coefficient (Wildman–Crippen LogP) is 2.31. The molecular weight excluding hydrogens is 272 g/mol. The van der Waals surface area contributed by atoms with Gasteiger partial charge in [-0.05, 0) is 25.5 Å². The minimum absolute atomic E-state index is 0.0268. The molecule has 1 N–H and O–H groups in total. The first-order valence-electron chi connectivity index (χ1n) is 7.13. The highest BCUT2D eigenvalue weighted by atomic mass is 16.6. The molecule has 0 unspecified atom stereocenters. The third-order valence-corrected chi connectivity index (χ3v) is 3.80. The summed E-state index contributed by atoms with van der Waals surface area (Å²) in [7, 11) is 1.93. The average molecular weight is 290 g/mol. The molecule has 1 aromatic carbocycles. The molecule has 0 bridgehead atoms. The molecule has 0 spiro atoms. The number of nitrogens with zero attached hydrogens (tertiary/aromatic N) is 3. The van der Waals surface area contributed by atoms with Gasteiger partial charge in [-0.15, -0.1) is 0 Å². The molecular formula is C14H18N4O3. The van der Waals surface area contributed by atoms with Gasteiger partial charge in [-0.25, -0.2) is 0 Å². The molecule has 7 nitrogen and oxygen atoms in total. The minimum atomic E-state index is -0.427. The van der Waals surface area contributed by atoms with Gasteiger partial charge in [-0.3, -0.25) is 10.1 Å². The first-order chi connectivity index (χ1) is 10.1. The van der Waals surface area contributed by atoms with Crippen molar-refractivity contribution in [1.82, 2.24) is 10.3 Å². The molecule has 1 fully saturated rings. The SMILES string of the molecule is CN(C[C@@H]1CCCCN1)c1nc2cc([N+](=O)[O-])ccc2o1. The molecule has 3 rings (SSSR count). The molecule has 0 radical (unpaired) electrons. The summed E-state index contributed by atoms with van der Waals surface area (Å²) in [5.41, 5.74) is 1.11. The van der Waals surface area contributed by atoms with Crippen molar-refractivity contribution in [2.45, 2.75) is 25.3 Å². The van der Waals surface area contributed by atoms with E-state index < -0.39 is 4.92 Å². The van der Waals surface area contributed by atoms with E-state index in [1.807, 2.05) is 11.9 Å². The first kappa shape index (κ1) is 13.8. The third-order valence-electron chi connectivity index (χ3n) is 3.80. The van der Waals surface area contributed by atoms with Gasteiger partial charge >= 0.3 is 0 Å². The van der Waals surface area contributed by atoms with E-state index in [2.05, 4.69) is 10.3 Å². The standard InChI is InChI=1S/C14H18N4O3/c1-17(9-10-4-2-3-7-15-10)14-16-12-8-11(18(19)20)5-6-13(12)21-14/h5-6,8,10,15H,2-4,7,9H2,1H3/t10-/m0/s1. The number of hydrogen-bond donors (Lipinski definition) is 1. The Hall–Kier alpha value is -2.15. The van der Waals surface area contributed by atoms with Crippen molar-refractivity contribution in [3.8, 4) is 0 Å². The average Bonchev–Trinajstić information content (AvgIpc) is 2.91. The zero-order valence-corrected chi connectivity index (χ0v) is 11.9. The smallest absolute Gasteiger partial charge is 0.298 e. The summed E-state index contributed by atoms with van der Waals surface area (Å²) in [5, 5.41) is 14.3. The van der Waals surface area contributed by atoms with Gasteiger partial charge in [0.05, 0.1) is 4.92 Å². The van der Waals surface area contributed by atoms with Crippen LogP contribution in [0.2, 0.25) is 0 Å². The zero-order chi connectivity index (χ0) is 14.8. The van der Waals surface area contributed by atoms with Crippen LogP contribution in [0.3, 0.4) is 0 Å². The topological polar surface area (TPSA) is 84.4 Å². The Bertz CT molecular complexity index is 649. The number of hydrogen-bond acceptors (Lipinski definition) is 6. The molecule has 1 aromatic heterocycles. The van der Waals surface area contributed by atoms with E-state index >= 15 is 0 Å². The normalized spacial score (nSPS) is 18.8. The van der Waals surface area contributed by atoms with Gasteiger partial charge in [0.15, 0.2) is 5.58 Å². The van der Waals surface area contributed by atoms with E-state index in [9.17, 15) is 10.1 Å². The van der Waals surface area contributed by atoms with E-state index in [0.717, 1.165) is 19.5 Å². The van der Waals surface area contributed by atoms with E-state index in [-0.39, 0.29) is 5.69 Å². The van der Waals surface area contributed by atoms with Crippen LogP contribution < -0.4 is 10.2 Å². The largest absolute Gasteiger partial charge is 0.423 e. The van der Waals surface area contributed by atoms with E-state index in [1.54, 1.807) is 6.07 Å². The highest BCUT2D eigenvalue weighted by molar-refractivity contribution is 5.77. The van der Waals surface area contributed by atoms with Crippen LogP contribution in [0.5, 0.6) is 0 Å². The molecule has 2 aromatic rings. The highest BCUT2D eigenvalue weighted by Gasteiger charge is 2.18. The minimum Gasteiger partial charge on any atom is -0.423 e. The Labute approximate surface area is 122 Å². The molecule has 112 valence electrons. The predicted molar refractivity (Wildman–Crippen MR) is 79.6 cm³/mol. The molecule has 1 aliphatic rings. The van der Waals surface area contributed by atoms with Crippen molar-refractivity contribution in [3.63, 3.8) is 0 Å². The number of nitro benzene ring substituents is 1. The lowest BCUT2D eigenvalue weighted by Gasteiger charge is -2.27. The molecule has 0 saturated carbocycles. The fourth-order valence-corrected chi connectivity index (χ4v) is 2.67. The summed E-state index contributed by atoms with van der Waals surface area (Å²) < 4.78 is 5.67. The number of anilines is 1. The van der Waals surface area contributed by atoms with Gasteiger partial charge in [-0.2, -0.15) is 4.98 Å². The molecule has 1 aliphatic heterocycles. The van der Waals surface area contributed by atoms with Crippen LogP contribution in [0.15, 0.2) is 22.6 Å². The number of fused-ring (bicyclic) bond motifs is 1. The quantitative estimate of drug-likeness (QED) is 0.687. The second-order valence-electron chi connectivity index (χ2n) is 5.43. The van der Waals surface area contributed by atoms with Gasteiger partial charge in [0.25, 0.3) is 11.7 Å². The summed E-state index contributed by atoms with van der Waals surface area (Å²) in [6.07, 6.45) is 3.62. The number of likely N-dealkylation sites (N-methyl/N-ethyl adjacent to an activating group) is 1. The molecule has 1 saturated heterocycles. The summed E-state index contributed by atoms with van der Waals surface area (Å²) in [6, 6.07) is 5.40. The molecule has 21 heavy (non-hydrogen) atoms. The van der Waals surface area contributed by atoms with Crippen LogP contribution in [0.25, 0.3) is 11.1 Å². The molecule has 2 heterocycles. The molecule has 7 heteroatoms. The monoisotopic (exact) mass is 290 g/mol. The Morgan fingerprint density at radius 2 is 2.38 bits per heavy atom. The van der Waals surface area contributed by atoms with Crippen LogP contribution in [0.1, 0.15) is 19.3 Å². The van der Waals surface area contributed by atoms with E-state index in [0.29, 0.717) is 23.2 Å². The van der Waals surface area contributed by atoms with E-state index in [1.165, 1.54) is 25.0 Å². The van der Waals surface area contributed by atoms with Crippen LogP contribution >= 0.6 is 0 Å². The van der Waals surface area contributed by atoms with Crippen molar-refractivity contribution in [3.05, 3.63) is 28.3 Å². The summed E-state index contributed by atoms with van der Waals surface area (Å²) in [6.45, 7) is 1.87. The Morgan fingerprint density at radius 1 is 1.52 bits per heavy atom. The van der Waals surface area contributed by atoms with Gasteiger partial charge in [-0.1, -0.05) is 6.42 Å². The Balaban J connectivity index is 1.78. The maximum atomic E-state index is 10.8. The van der Waals surface area contributed by atoms with Gasteiger partial charge in [0.1, 0.15) is 5.52 Å². The third kappa shape index (κ3) is 2.97.